The Morgan fingerprint density at radius 3 is 1.82 bits per heavy atom. The van der Waals surface area contributed by atoms with Gasteiger partial charge in [-0.05, 0) is 17.5 Å². The van der Waals surface area contributed by atoms with E-state index in [2.05, 4.69) is 0 Å². The number of thiophene rings is 1. The van der Waals surface area contributed by atoms with Crippen LogP contribution in [0, 0.1) is 0 Å². The third kappa shape index (κ3) is 2.24. The molecule has 0 bridgehead atoms. The van der Waals surface area contributed by atoms with Crippen LogP contribution >= 0.6 is 11.3 Å². The van der Waals surface area contributed by atoms with Crippen LogP contribution in [0.25, 0.3) is 10.1 Å². The summed E-state index contributed by atoms with van der Waals surface area (Å²) in [5.74, 6) is -6.40. The van der Waals surface area contributed by atoms with E-state index in [4.69, 9.17) is 0 Å². The Hall–Kier alpha value is -1.42. The molecule has 22 heavy (non-hydrogen) atoms. The van der Waals surface area contributed by atoms with Crippen molar-refractivity contribution in [2.45, 2.75) is 23.9 Å². The first-order valence-electron chi connectivity index (χ1n) is 5.55. The van der Waals surface area contributed by atoms with Crippen molar-refractivity contribution in [3.63, 3.8) is 0 Å². The molecule has 2 rings (SSSR count). The van der Waals surface area contributed by atoms with Crippen LogP contribution in [0.1, 0.15) is 4.88 Å². The maximum Gasteiger partial charge on any atom is 0.457 e. The topological polar surface area (TPSA) is 20.2 Å². The minimum absolute atomic E-state index is 0.0168. The van der Waals surface area contributed by atoms with Gasteiger partial charge < -0.3 is 5.11 Å². The summed E-state index contributed by atoms with van der Waals surface area (Å²) < 4.78 is 103. The Morgan fingerprint density at radius 2 is 1.36 bits per heavy atom. The van der Waals surface area contributed by atoms with Crippen LogP contribution in [0.5, 0.6) is 0 Å². The molecule has 0 radical (unpaired) electrons. The summed E-state index contributed by atoms with van der Waals surface area (Å²) in [5.41, 5.74) is -5.36. The molecule has 10 heteroatoms. The second-order valence-electron chi connectivity index (χ2n) is 4.43. The Morgan fingerprint density at radius 1 is 0.818 bits per heavy atom. The second-order valence-corrected chi connectivity index (χ2v) is 5.51. The Bertz CT molecular complexity index is 653. The van der Waals surface area contributed by atoms with E-state index in [1.54, 1.807) is 0 Å². The van der Waals surface area contributed by atoms with E-state index in [1.807, 2.05) is 0 Å². The summed E-state index contributed by atoms with van der Waals surface area (Å²) in [6, 6.07) is 5.70. The molecule has 0 amide bonds. The van der Waals surface area contributed by atoms with Gasteiger partial charge >= 0.3 is 18.3 Å². The molecule has 1 nitrogen and oxygen atoms in total. The fourth-order valence-electron chi connectivity index (χ4n) is 1.84. The van der Waals surface area contributed by atoms with Gasteiger partial charge in [0, 0.05) is 4.70 Å². The third-order valence-electron chi connectivity index (χ3n) is 3.00. The normalized spacial score (nSPS) is 16.8. The smallest absolute Gasteiger partial charge is 0.371 e. The van der Waals surface area contributed by atoms with Gasteiger partial charge in [-0.3, -0.25) is 0 Å². The highest BCUT2D eigenvalue weighted by molar-refractivity contribution is 7.19. The van der Waals surface area contributed by atoms with Crippen molar-refractivity contribution in [3.8, 4) is 0 Å². The molecule has 0 saturated carbocycles. The molecular formula is C12H6F8OS. The van der Waals surface area contributed by atoms with E-state index in [9.17, 15) is 40.2 Å². The second kappa shape index (κ2) is 4.79. The molecule has 0 fully saturated rings. The molecule has 1 aromatic heterocycles. The van der Waals surface area contributed by atoms with Crippen molar-refractivity contribution in [2.24, 2.45) is 0 Å². The fraction of sp³-hybridized carbons (Fsp3) is 0.333. The first-order valence-corrected chi connectivity index (χ1v) is 6.36. The third-order valence-corrected chi connectivity index (χ3v) is 4.23. The Labute approximate surface area is 121 Å². The first-order chi connectivity index (χ1) is 9.82. The summed E-state index contributed by atoms with van der Waals surface area (Å²) in [6.45, 7) is 0. The van der Waals surface area contributed by atoms with Gasteiger partial charge in [-0.25, -0.2) is 0 Å². The average Bonchev–Trinajstić information content (AvgIpc) is 2.78. The predicted octanol–water partition coefficient (Wildman–Crippen LogP) is 4.85. The molecule has 0 aliphatic carbocycles. The van der Waals surface area contributed by atoms with Crippen LogP contribution in [0.15, 0.2) is 30.3 Å². The Kier molecular flexibility index (Phi) is 3.69. The lowest BCUT2D eigenvalue weighted by Crippen LogP contribution is -2.62. The molecule has 0 spiro atoms. The summed E-state index contributed by atoms with van der Waals surface area (Å²) in [6.07, 6.45) is -12.8. The Balaban J connectivity index is 2.75. The molecule has 0 aliphatic rings. The first kappa shape index (κ1) is 16.9. The zero-order valence-corrected chi connectivity index (χ0v) is 11.1. The van der Waals surface area contributed by atoms with Crippen LogP contribution in [0.4, 0.5) is 35.1 Å². The van der Waals surface area contributed by atoms with Gasteiger partial charge in [0.2, 0.25) is 0 Å². The van der Waals surface area contributed by atoms with E-state index in [1.165, 1.54) is 24.3 Å². The van der Waals surface area contributed by atoms with Crippen LogP contribution in [-0.4, -0.2) is 23.4 Å². The van der Waals surface area contributed by atoms with Crippen molar-refractivity contribution in [3.05, 3.63) is 35.2 Å². The van der Waals surface area contributed by atoms with E-state index in [-0.39, 0.29) is 21.4 Å². The number of rotatable bonds is 2. The van der Waals surface area contributed by atoms with E-state index < -0.39 is 28.8 Å². The van der Waals surface area contributed by atoms with E-state index in [0.717, 1.165) is 0 Å². The largest absolute Gasteiger partial charge is 0.457 e. The van der Waals surface area contributed by atoms with Gasteiger partial charge in [0.1, 0.15) is 0 Å². The average molecular weight is 350 g/mol. The molecule has 1 N–H and O–H groups in total. The lowest BCUT2D eigenvalue weighted by Gasteiger charge is -2.37. The summed E-state index contributed by atoms with van der Waals surface area (Å²) in [4.78, 5) is -1.52. The highest BCUT2D eigenvalue weighted by Crippen LogP contribution is 2.57. The van der Waals surface area contributed by atoms with E-state index >= 15 is 0 Å². The van der Waals surface area contributed by atoms with E-state index in [0.29, 0.717) is 6.07 Å². The minimum Gasteiger partial charge on any atom is -0.371 e. The van der Waals surface area contributed by atoms with Crippen molar-refractivity contribution in [2.75, 3.05) is 0 Å². The zero-order chi connectivity index (χ0) is 17.0. The monoisotopic (exact) mass is 350 g/mol. The number of benzene rings is 1. The highest BCUT2D eigenvalue weighted by atomic mass is 32.1. The number of aliphatic hydroxyl groups is 1. The summed E-state index contributed by atoms with van der Waals surface area (Å²) in [7, 11) is 0. The summed E-state index contributed by atoms with van der Waals surface area (Å²) in [5, 5.41) is 9.42. The van der Waals surface area contributed by atoms with Crippen LogP contribution < -0.4 is 0 Å². The van der Waals surface area contributed by atoms with Crippen LogP contribution in [0.2, 0.25) is 0 Å². The maximum absolute atomic E-state index is 13.4. The van der Waals surface area contributed by atoms with Gasteiger partial charge in [0.25, 0.3) is 5.60 Å². The molecule has 1 heterocycles. The van der Waals surface area contributed by atoms with Crippen molar-refractivity contribution in [1.82, 2.24) is 0 Å². The maximum atomic E-state index is 13.4. The molecule has 1 atom stereocenters. The van der Waals surface area contributed by atoms with Crippen molar-refractivity contribution < 1.29 is 40.2 Å². The molecule has 1 unspecified atom stereocenters. The predicted molar refractivity (Wildman–Crippen MR) is 62.8 cm³/mol. The molecule has 0 saturated heterocycles. The number of halogens is 8. The highest BCUT2D eigenvalue weighted by Gasteiger charge is 2.80. The molecule has 2 aromatic rings. The number of hydrogen-bond acceptors (Lipinski definition) is 2. The van der Waals surface area contributed by atoms with Crippen molar-refractivity contribution >= 4 is 21.4 Å². The lowest BCUT2D eigenvalue weighted by atomic mass is 9.91. The van der Waals surface area contributed by atoms with Gasteiger partial charge in [-0.15, -0.1) is 11.3 Å². The number of hydrogen-bond donors (Lipinski definition) is 1. The summed E-state index contributed by atoms with van der Waals surface area (Å²) >= 11 is 0.0241. The SMILES string of the molecule is OC(c1cc2ccccc2s1)(C(F)(F)F)C(F)(F)C(F)(F)F. The lowest BCUT2D eigenvalue weighted by molar-refractivity contribution is -0.408. The van der Waals surface area contributed by atoms with Gasteiger partial charge in [-0.1, -0.05) is 18.2 Å². The minimum atomic E-state index is -6.58. The molecule has 1 aromatic carbocycles. The van der Waals surface area contributed by atoms with Crippen LogP contribution in [0.3, 0.4) is 0 Å². The van der Waals surface area contributed by atoms with Crippen LogP contribution in [-0.2, 0) is 5.60 Å². The standard InChI is InChI=1S/C12H6F8OS/c13-10(14,12(18,19)20)9(21,11(15,16)17)8-5-6-3-1-2-4-7(6)22-8/h1-5,21H. The van der Waals surface area contributed by atoms with Gasteiger partial charge in [0.05, 0.1) is 4.88 Å². The molecular weight excluding hydrogens is 344 g/mol. The molecule has 0 aliphatic heterocycles. The molecule has 122 valence electrons. The zero-order valence-electron chi connectivity index (χ0n) is 10.3. The quantitative estimate of drug-likeness (QED) is 0.768. The van der Waals surface area contributed by atoms with Gasteiger partial charge in [-0.2, -0.15) is 35.1 Å². The van der Waals surface area contributed by atoms with Gasteiger partial charge in [0.15, 0.2) is 0 Å². The number of fused-ring (bicyclic) bond motifs is 1. The number of alkyl halides is 8. The fourth-order valence-corrected chi connectivity index (χ4v) is 3.04. The van der Waals surface area contributed by atoms with Crippen molar-refractivity contribution in [1.29, 1.82) is 0 Å².